The van der Waals surface area contributed by atoms with Crippen molar-refractivity contribution < 1.29 is 9.53 Å². The summed E-state index contributed by atoms with van der Waals surface area (Å²) < 4.78 is 7.10. The normalized spacial score (nSPS) is 11.8. The maximum Gasteiger partial charge on any atom is 0.261 e. The second-order valence-electron chi connectivity index (χ2n) is 6.94. The van der Waals surface area contributed by atoms with Gasteiger partial charge in [0, 0.05) is 5.69 Å². The molecule has 6 nitrogen and oxygen atoms in total. The molecule has 4 aromatic rings. The summed E-state index contributed by atoms with van der Waals surface area (Å²) in [6.45, 7) is 2.14. The zero-order chi connectivity index (χ0) is 20.9. The summed E-state index contributed by atoms with van der Waals surface area (Å²) in [5, 5.41) is 3.32. The SMILES string of the molecule is C[C@@H](C(=O)Nc1ccc(OCc2ccccc2)cc1)n1cnc2ccccc2c1=O. The highest BCUT2D eigenvalue weighted by Gasteiger charge is 2.17. The first-order chi connectivity index (χ1) is 14.6. The summed E-state index contributed by atoms with van der Waals surface area (Å²) in [5.74, 6) is 0.409. The smallest absolute Gasteiger partial charge is 0.261 e. The molecule has 30 heavy (non-hydrogen) atoms. The van der Waals surface area contributed by atoms with Gasteiger partial charge in [0.2, 0.25) is 5.91 Å². The number of hydrogen-bond acceptors (Lipinski definition) is 4. The number of ether oxygens (including phenoxy) is 1. The molecular weight excluding hydrogens is 378 g/mol. The molecule has 0 bridgehead atoms. The summed E-state index contributed by atoms with van der Waals surface area (Å²) in [6, 6.07) is 23.4. The molecule has 0 aliphatic rings. The van der Waals surface area contributed by atoms with E-state index in [4.69, 9.17) is 4.74 Å². The van der Waals surface area contributed by atoms with Gasteiger partial charge in [-0.25, -0.2) is 4.98 Å². The third-order valence-electron chi connectivity index (χ3n) is 4.86. The van der Waals surface area contributed by atoms with Gasteiger partial charge in [-0.3, -0.25) is 14.2 Å². The fraction of sp³-hybridized carbons (Fsp3) is 0.125. The minimum absolute atomic E-state index is 0.243. The molecule has 4 rings (SSSR count). The van der Waals surface area contributed by atoms with Gasteiger partial charge in [0.1, 0.15) is 18.4 Å². The molecule has 150 valence electrons. The maximum atomic E-state index is 12.7. The highest BCUT2D eigenvalue weighted by molar-refractivity contribution is 5.93. The van der Waals surface area contributed by atoms with E-state index in [0.717, 1.165) is 5.56 Å². The van der Waals surface area contributed by atoms with Crippen LogP contribution in [0.4, 0.5) is 5.69 Å². The average Bonchev–Trinajstić information content (AvgIpc) is 2.79. The van der Waals surface area contributed by atoms with E-state index in [1.165, 1.54) is 10.9 Å². The first kappa shape index (κ1) is 19.4. The number of nitrogens with one attached hydrogen (secondary N) is 1. The first-order valence-corrected chi connectivity index (χ1v) is 9.65. The van der Waals surface area contributed by atoms with Gasteiger partial charge in [-0.15, -0.1) is 0 Å². The summed E-state index contributed by atoms with van der Waals surface area (Å²) in [6.07, 6.45) is 1.41. The van der Waals surface area contributed by atoms with Crippen LogP contribution < -0.4 is 15.6 Å². The molecule has 0 saturated heterocycles. The van der Waals surface area contributed by atoms with E-state index in [2.05, 4.69) is 10.3 Å². The van der Waals surface area contributed by atoms with Crippen LogP contribution in [0.1, 0.15) is 18.5 Å². The van der Waals surface area contributed by atoms with Crippen molar-refractivity contribution in [2.75, 3.05) is 5.32 Å². The molecule has 0 fully saturated rings. The monoisotopic (exact) mass is 399 g/mol. The van der Waals surface area contributed by atoms with Gasteiger partial charge in [-0.2, -0.15) is 0 Å². The molecule has 0 aliphatic heterocycles. The van der Waals surface area contributed by atoms with E-state index in [9.17, 15) is 9.59 Å². The van der Waals surface area contributed by atoms with Crippen molar-refractivity contribution in [2.24, 2.45) is 0 Å². The van der Waals surface area contributed by atoms with Gasteiger partial charge in [-0.05, 0) is 48.9 Å². The molecule has 0 spiro atoms. The third kappa shape index (κ3) is 4.22. The fourth-order valence-electron chi connectivity index (χ4n) is 3.11. The van der Waals surface area contributed by atoms with Crippen LogP contribution in [0.25, 0.3) is 10.9 Å². The Morgan fingerprint density at radius 1 is 1.00 bits per heavy atom. The molecule has 1 heterocycles. The minimum atomic E-state index is -0.705. The van der Waals surface area contributed by atoms with E-state index in [1.807, 2.05) is 36.4 Å². The number of rotatable bonds is 6. The van der Waals surface area contributed by atoms with Gasteiger partial charge < -0.3 is 10.1 Å². The molecule has 3 aromatic carbocycles. The second-order valence-corrected chi connectivity index (χ2v) is 6.94. The van der Waals surface area contributed by atoms with Crippen LogP contribution in [0.5, 0.6) is 5.75 Å². The van der Waals surface area contributed by atoms with Crippen molar-refractivity contribution in [1.82, 2.24) is 9.55 Å². The highest BCUT2D eigenvalue weighted by Crippen LogP contribution is 2.18. The van der Waals surface area contributed by atoms with Crippen LogP contribution in [0.15, 0.2) is 90.0 Å². The van der Waals surface area contributed by atoms with Crippen LogP contribution in [0, 0.1) is 0 Å². The fourth-order valence-corrected chi connectivity index (χ4v) is 3.11. The van der Waals surface area contributed by atoms with Crippen LogP contribution in [-0.2, 0) is 11.4 Å². The van der Waals surface area contributed by atoms with Gasteiger partial charge in [0.15, 0.2) is 0 Å². The quantitative estimate of drug-likeness (QED) is 0.528. The molecule has 1 atom stereocenters. The Hall–Kier alpha value is -3.93. The lowest BCUT2D eigenvalue weighted by Crippen LogP contribution is -2.31. The van der Waals surface area contributed by atoms with Gasteiger partial charge in [0.25, 0.3) is 5.56 Å². The Morgan fingerprint density at radius 3 is 2.47 bits per heavy atom. The predicted octanol–water partition coefficient (Wildman–Crippen LogP) is 4.18. The molecule has 0 saturated carbocycles. The largest absolute Gasteiger partial charge is 0.489 e. The third-order valence-corrected chi connectivity index (χ3v) is 4.86. The van der Waals surface area contributed by atoms with Crippen LogP contribution >= 0.6 is 0 Å². The summed E-state index contributed by atoms with van der Waals surface area (Å²) in [5.41, 5.74) is 2.07. The van der Waals surface area contributed by atoms with Gasteiger partial charge in [-0.1, -0.05) is 42.5 Å². The van der Waals surface area contributed by atoms with E-state index < -0.39 is 6.04 Å². The molecule has 6 heteroatoms. The molecule has 1 amide bonds. The zero-order valence-corrected chi connectivity index (χ0v) is 16.5. The van der Waals surface area contributed by atoms with Crippen LogP contribution in [0.3, 0.4) is 0 Å². The van der Waals surface area contributed by atoms with E-state index >= 15 is 0 Å². The molecular formula is C24H21N3O3. The second kappa shape index (κ2) is 8.61. The number of aromatic nitrogens is 2. The molecule has 1 aromatic heterocycles. The number of amides is 1. The average molecular weight is 399 g/mol. The number of hydrogen-bond donors (Lipinski definition) is 1. The van der Waals surface area contributed by atoms with Gasteiger partial charge >= 0.3 is 0 Å². The predicted molar refractivity (Wildman–Crippen MR) is 117 cm³/mol. The van der Waals surface area contributed by atoms with Gasteiger partial charge in [0.05, 0.1) is 17.2 Å². The number of carbonyl (C=O) groups is 1. The molecule has 0 unspecified atom stereocenters. The van der Waals surface area contributed by atoms with E-state index in [-0.39, 0.29) is 11.5 Å². The number of para-hydroxylation sites is 1. The lowest BCUT2D eigenvalue weighted by Gasteiger charge is -2.15. The summed E-state index contributed by atoms with van der Waals surface area (Å²) >= 11 is 0. The number of fused-ring (bicyclic) bond motifs is 1. The maximum absolute atomic E-state index is 12.7. The Morgan fingerprint density at radius 2 is 1.70 bits per heavy atom. The molecule has 0 radical (unpaired) electrons. The standard InChI is InChI=1S/C24H21N3O3/c1-17(27-16-25-22-10-6-5-9-21(22)24(27)29)23(28)26-19-11-13-20(14-12-19)30-15-18-7-3-2-4-8-18/h2-14,16-17H,15H2,1H3,(H,26,28)/t17-/m0/s1. The number of anilines is 1. The zero-order valence-electron chi connectivity index (χ0n) is 16.5. The number of nitrogens with zero attached hydrogens (tertiary/aromatic N) is 2. The lowest BCUT2D eigenvalue weighted by atomic mass is 10.2. The van der Waals surface area contributed by atoms with Crippen molar-refractivity contribution in [3.63, 3.8) is 0 Å². The van der Waals surface area contributed by atoms with Crippen molar-refractivity contribution >= 4 is 22.5 Å². The summed E-state index contributed by atoms with van der Waals surface area (Å²) in [7, 11) is 0. The Labute approximate surface area is 173 Å². The van der Waals surface area contributed by atoms with E-state index in [0.29, 0.717) is 28.9 Å². The highest BCUT2D eigenvalue weighted by atomic mass is 16.5. The van der Waals surface area contributed by atoms with Crippen molar-refractivity contribution in [1.29, 1.82) is 0 Å². The number of carbonyl (C=O) groups excluding carboxylic acids is 1. The van der Waals surface area contributed by atoms with Crippen molar-refractivity contribution in [3.8, 4) is 5.75 Å². The Bertz CT molecular complexity index is 1220. The minimum Gasteiger partial charge on any atom is -0.489 e. The summed E-state index contributed by atoms with van der Waals surface area (Å²) in [4.78, 5) is 29.6. The molecule has 0 aliphatic carbocycles. The van der Waals surface area contributed by atoms with E-state index in [1.54, 1.807) is 49.4 Å². The molecule has 1 N–H and O–H groups in total. The topological polar surface area (TPSA) is 73.2 Å². The number of benzene rings is 3. The lowest BCUT2D eigenvalue weighted by molar-refractivity contribution is -0.118. The van der Waals surface area contributed by atoms with Crippen molar-refractivity contribution in [2.45, 2.75) is 19.6 Å². The van der Waals surface area contributed by atoms with Crippen molar-refractivity contribution in [3.05, 3.63) is 101 Å². The first-order valence-electron chi connectivity index (χ1n) is 9.65. The van der Waals surface area contributed by atoms with Crippen LogP contribution in [-0.4, -0.2) is 15.5 Å². The Kier molecular flexibility index (Phi) is 5.57. The van der Waals surface area contributed by atoms with Crippen LogP contribution in [0.2, 0.25) is 0 Å². The Balaban J connectivity index is 1.42.